The first-order chi connectivity index (χ1) is 13.2. The van der Waals surface area contributed by atoms with Gasteiger partial charge in [0, 0.05) is 23.1 Å². The van der Waals surface area contributed by atoms with Crippen molar-refractivity contribution in [1.82, 2.24) is 5.01 Å². The summed E-state index contributed by atoms with van der Waals surface area (Å²) in [5.74, 6) is 0.671. The third-order valence-corrected chi connectivity index (χ3v) is 5.05. The van der Waals surface area contributed by atoms with Crippen LogP contribution in [0.25, 0.3) is 0 Å². The van der Waals surface area contributed by atoms with Crippen LogP contribution in [0.4, 0.5) is 4.39 Å². The SMILES string of the molecule is Oc1ccccc1C1=NN2C(C1)c1ccccc1OC2c1cccc(F)c1. The number of hydrogen-bond acceptors (Lipinski definition) is 4. The number of phenolic OH excluding ortho intramolecular Hbond substituents is 1. The third kappa shape index (κ3) is 2.63. The quantitative estimate of drug-likeness (QED) is 0.716. The molecule has 2 atom stereocenters. The summed E-state index contributed by atoms with van der Waals surface area (Å²) in [6, 6.07) is 21.4. The Kier molecular flexibility index (Phi) is 3.60. The van der Waals surface area contributed by atoms with E-state index in [0.717, 1.165) is 17.0 Å². The maximum atomic E-state index is 13.8. The van der Waals surface area contributed by atoms with E-state index in [9.17, 15) is 9.50 Å². The first-order valence-corrected chi connectivity index (χ1v) is 8.86. The molecule has 1 N–H and O–H groups in total. The van der Waals surface area contributed by atoms with Crippen molar-refractivity contribution in [3.05, 3.63) is 95.3 Å². The molecular formula is C22H17FN2O2. The zero-order chi connectivity index (χ0) is 18.4. The van der Waals surface area contributed by atoms with E-state index >= 15 is 0 Å². The number of ether oxygens (including phenoxy) is 1. The number of hydrogen-bond donors (Lipinski definition) is 1. The molecule has 5 rings (SSSR count). The second-order valence-corrected chi connectivity index (χ2v) is 6.73. The molecule has 0 amide bonds. The van der Waals surface area contributed by atoms with Crippen LogP contribution in [0.1, 0.15) is 35.4 Å². The van der Waals surface area contributed by atoms with Gasteiger partial charge in [-0.15, -0.1) is 0 Å². The molecule has 5 heteroatoms. The van der Waals surface area contributed by atoms with Crippen LogP contribution in [0.15, 0.2) is 77.9 Å². The molecule has 0 spiro atoms. The minimum absolute atomic E-state index is 0.0298. The van der Waals surface area contributed by atoms with Crippen molar-refractivity contribution in [2.75, 3.05) is 0 Å². The number of para-hydroxylation sites is 2. The smallest absolute Gasteiger partial charge is 0.213 e. The minimum Gasteiger partial charge on any atom is -0.507 e. The Balaban J connectivity index is 1.62. The molecule has 27 heavy (non-hydrogen) atoms. The Morgan fingerprint density at radius 2 is 1.81 bits per heavy atom. The zero-order valence-corrected chi connectivity index (χ0v) is 14.4. The van der Waals surface area contributed by atoms with Crippen molar-refractivity contribution in [3.8, 4) is 11.5 Å². The number of hydrazone groups is 1. The fourth-order valence-corrected chi connectivity index (χ4v) is 3.79. The van der Waals surface area contributed by atoms with Crippen LogP contribution in [-0.4, -0.2) is 15.8 Å². The lowest BCUT2D eigenvalue weighted by Crippen LogP contribution is -2.33. The van der Waals surface area contributed by atoms with Gasteiger partial charge in [0.05, 0.1) is 11.8 Å². The standard InChI is InChI=1S/C22H17FN2O2/c23-15-7-5-6-14(12-15)22-25-19(17-9-2-4-11-21(17)27-22)13-18(24-25)16-8-1-3-10-20(16)26/h1-12,19,22,26H,13H2. The summed E-state index contributed by atoms with van der Waals surface area (Å²) in [5.41, 5.74) is 3.25. The number of phenols is 1. The molecule has 0 bridgehead atoms. The first kappa shape index (κ1) is 15.9. The number of aromatic hydroxyl groups is 1. The van der Waals surface area contributed by atoms with Crippen LogP contribution >= 0.6 is 0 Å². The van der Waals surface area contributed by atoms with Crippen molar-refractivity contribution in [2.24, 2.45) is 5.10 Å². The van der Waals surface area contributed by atoms with Gasteiger partial charge < -0.3 is 9.84 Å². The van der Waals surface area contributed by atoms with Crippen LogP contribution < -0.4 is 4.74 Å². The predicted octanol–water partition coefficient (Wildman–Crippen LogP) is 4.77. The molecule has 134 valence electrons. The Bertz CT molecular complexity index is 1050. The number of halogens is 1. The van der Waals surface area contributed by atoms with Gasteiger partial charge in [-0.25, -0.2) is 9.40 Å². The molecule has 2 aliphatic heterocycles. The molecule has 3 aromatic carbocycles. The lowest BCUT2D eigenvalue weighted by atomic mass is 9.95. The predicted molar refractivity (Wildman–Crippen MR) is 100 cm³/mol. The van der Waals surface area contributed by atoms with Gasteiger partial charge in [0.15, 0.2) is 0 Å². The highest BCUT2D eigenvalue weighted by Gasteiger charge is 2.41. The number of benzene rings is 3. The minimum atomic E-state index is -0.524. The number of nitrogens with zero attached hydrogens (tertiary/aromatic N) is 2. The van der Waals surface area contributed by atoms with Gasteiger partial charge in [0.2, 0.25) is 6.23 Å². The van der Waals surface area contributed by atoms with Crippen LogP contribution in [0, 0.1) is 5.82 Å². The maximum absolute atomic E-state index is 13.8. The first-order valence-electron chi connectivity index (χ1n) is 8.86. The van der Waals surface area contributed by atoms with Gasteiger partial charge in [-0.05, 0) is 30.3 Å². The number of rotatable bonds is 2. The van der Waals surface area contributed by atoms with E-state index < -0.39 is 6.23 Å². The monoisotopic (exact) mass is 360 g/mol. The molecule has 0 aliphatic carbocycles. The van der Waals surface area contributed by atoms with Gasteiger partial charge in [-0.3, -0.25) is 0 Å². The summed E-state index contributed by atoms with van der Waals surface area (Å²) in [7, 11) is 0. The van der Waals surface area contributed by atoms with Gasteiger partial charge in [0.25, 0.3) is 0 Å². The second kappa shape index (κ2) is 6.13. The largest absolute Gasteiger partial charge is 0.507 e. The van der Waals surface area contributed by atoms with E-state index in [1.165, 1.54) is 12.1 Å². The fourth-order valence-electron chi connectivity index (χ4n) is 3.79. The summed E-state index contributed by atoms with van der Waals surface area (Å²) < 4.78 is 20.0. The fraction of sp³-hybridized carbons (Fsp3) is 0.136. The molecule has 3 aromatic rings. The Morgan fingerprint density at radius 1 is 1.00 bits per heavy atom. The van der Waals surface area contributed by atoms with Crippen LogP contribution in [-0.2, 0) is 0 Å². The number of fused-ring (bicyclic) bond motifs is 3. The normalized spacial score (nSPS) is 20.5. The molecule has 2 heterocycles. The molecule has 4 nitrogen and oxygen atoms in total. The summed E-state index contributed by atoms with van der Waals surface area (Å²) in [6.07, 6.45) is 0.119. The highest BCUT2D eigenvalue weighted by Crippen LogP contribution is 2.47. The van der Waals surface area contributed by atoms with E-state index in [1.54, 1.807) is 18.2 Å². The molecule has 0 saturated carbocycles. The summed E-state index contributed by atoms with van der Waals surface area (Å²) in [6.45, 7) is 0. The summed E-state index contributed by atoms with van der Waals surface area (Å²) in [4.78, 5) is 0. The van der Waals surface area contributed by atoms with Gasteiger partial charge in [-0.1, -0.05) is 42.5 Å². The van der Waals surface area contributed by atoms with Crippen LogP contribution in [0.2, 0.25) is 0 Å². The third-order valence-electron chi connectivity index (χ3n) is 5.05. The van der Waals surface area contributed by atoms with Crippen LogP contribution in [0.5, 0.6) is 11.5 Å². The zero-order valence-electron chi connectivity index (χ0n) is 14.4. The molecule has 2 aliphatic rings. The van der Waals surface area contributed by atoms with E-state index in [-0.39, 0.29) is 17.6 Å². The Morgan fingerprint density at radius 3 is 2.67 bits per heavy atom. The van der Waals surface area contributed by atoms with Crippen LogP contribution in [0.3, 0.4) is 0 Å². The van der Waals surface area contributed by atoms with Crippen molar-refractivity contribution in [3.63, 3.8) is 0 Å². The van der Waals surface area contributed by atoms with E-state index in [1.807, 2.05) is 47.5 Å². The average molecular weight is 360 g/mol. The van der Waals surface area contributed by atoms with Gasteiger partial charge in [0.1, 0.15) is 17.3 Å². The maximum Gasteiger partial charge on any atom is 0.213 e. The lowest BCUT2D eigenvalue weighted by Gasteiger charge is -2.38. The molecule has 2 unspecified atom stereocenters. The van der Waals surface area contributed by atoms with Gasteiger partial charge >= 0.3 is 0 Å². The average Bonchev–Trinajstić information content (AvgIpc) is 3.13. The molecule has 0 fully saturated rings. The Labute approximate surface area is 156 Å². The van der Waals surface area contributed by atoms with E-state index in [0.29, 0.717) is 17.5 Å². The van der Waals surface area contributed by atoms with Crippen molar-refractivity contribution in [2.45, 2.75) is 18.7 Å². The highest BCUT2D eigenvalue weighted by atomic mass is 19.1. The molecule has 0 saturated heterocycles. The highest BCUT2D eigenvalue weighted by molar-refractivity contribution is 6.04. The molecule has 0 radical (unpaired) electrons. The summed E-state index contributed by atoms with van der Waals surface area (Å²) in [5, 5.41) is 16.9. The topological polar surface area (TPSA) is 45.1 Å². The molecular weight excluding hydrogens is 343 g/mol. The van der Waals surface area contributed by atoms with Gasteiger partial charge in [-0.2, -0.15) is 5.10 Å². The summed E-state index contributed by atoms with van der Waals surface area (Å²) >= 11 is 0. The Hall–Kier alpha value is -3.34. The van der Waals surface area contributed by atoms with Crippen molar-refractivity contribution >= 4 is 5.71 Å². The lowest BCUT2D eigenvalue weighted by molar-refractivity contribution is -0.0192. The van der Waals surface area contributed by atoms with E-state index in [2.05, 4.69) is 0 Å². The van der Waals surface area contributed by atoms with Crippen molar-refractivity contribution < 1.29 is 14.2 Å². The van der Waals surface area contributed by atoms with Crippen molar-refractivity contribution in [1.29, 1.82) is 0 Å². The second-order valence-electron chi connectivity index (χ2n) is 6.73. The molecule has 0 aromatic heterocycles. The van der Waals surface area contributed by atoms with E-state index in [4.69, 9.17) is 9.84 Å².